The Morgan fingerprint density at radius 2 is 1.41 bits per heavy atom. The van der Waals surface area contributed by atoms with Gasteiger partial charge in [-0.05, 0) is 28.3 Å². The Morgan fingerprint density at radius 1 is 0.795 bits per heavy atom. The van der Waals surface area contributed by atoms with Crippen LogP contribution in [0.25, 0.3) is 11.1 Å². The molecule has 0 spiro atoms. The van der Waals surface area contributed by atoms with Crippen molar-refractivity contribution in [2.45, 2.75) is 5.92 Å². The Morgan fingerprint density at radius 3 is 2.03 bits per heavy atom. The lowest BCUT2D eigenvalue weighted by molar-refractivity contribution is -0.393. The van der Waals surface area contributed by atoms with E-state index < -0.39 is 15.9 Å². The highest BCUT2D eigenvalue weighted by Gasteiger charge is 2.29. The zero-order valence-corrected chi connectivity index (χ0v) is 21.0. The molecule has 204 valence electrons. The number of amides is 1. The van der Waals surface area contributed by atoms with Crippen LogP contribution in [0.15, 0.2) is 66.7 Å². The lowest BCUT2D eigenvalue weighted by Gasteiger charge is -2.14. The minimum Gasteiger partial charge on any atom is -0.449 e. The Hall–Kier alpha value is -4.55. The second-order valence-corrected chi connectivity index (χ2v) is 8.62. The molecule has 0 unspecified atom stereocenters. The van der Waals surface area contributed by atoms with Crippen molar-refractivity contribution < 1.29 is 28.9 Å². The van der Waals surface area contributed by atoms with Crippen LogP contribution < -0.4 is 10.6 Å². The number of anilines is 1. The number of carbonyl (C=O) groups is 1. The molecule has 0 heterocycles. The lowest BCUT2D eigenvalue weighted by atomic mass is 9.98. The predicted octanol–water partition coefficient (Wildman–Crippen LogP) is 4.49. The molecule has 2 N–H and O–H groups in total. The third-order valence-electron chi connectivity index (χ3n) is 6.18. The number of hydrogen-bond acceptors (Lipinski definition) is 9. The van der Waals surface area contributed by atoms with Gasteiger partial charge in [-0.25, -0.2) is 4.79 Å². The topological polar surface area (TPSA) is 155 Å². The standard InChI is InChI=1S/C27H28N4O8/c32-27(39-18-24-22-7-3-1-5-20(22)21-6-2-4-8-23(21)24)29-12-14-38-16-15-37-13-11-28-25-10-9-19(30(33)34)17-26(25)31(35)36/h1-10,17,24,28H,11-16,18H2,(H,29,32). The lowest BCUT2D eigenvalue weighted by Crippen LogP contribution is -2.29. The van der Waals surface area contributed by atoms with Crippen LogP contribution in [0, 0.1) is 20.2 Å². The van der Waals surface area contributed by atoms with Gasteiger partial charge in [-0.15, -0.1) is 0 Å². The van der Waals surface area contributed by atoms with E-state index >= 15 is 0 Å². The summed E-state index contributed by atoms with van der Waals surface area (Å²) in [6.45, 7) is 1.89. The first-order valence-electron chi connectivity index (χ1n) is 12.4. The monoisotopic (exact) mass is 536 g/mol. The molecule has 0 atom stereocenters. The van der Waals surface area contributed by atoms with E-state index in [-0.39, 0.29) is 62.5 Å². The van der Waals surface area contributed by atoms with E-state index in [1.807, 2.05) is 24.3 Å². The highest BCUT2D eigenvalue weighted by atomic mass is 16.6. The van der Waals surface area contributed by atoms with Gasteiger partial charge in [0.25, 0.3) is 11.4 Å². The summed E-state index contributed by atoms with van der Waals surface area (Å²) in [7, 11) is 0. The van der Waals surface area contributed by atoms with Crippen LogP contribution in [0.1, 0.15) is 17.0 Å². The summed E-state index contributed by atoms with van der Waals surface area (Å²) < 4.78 is 16.3. The number of fused-ring (bicyclic) bond motifs is 3. The molecule has 0 aliphatic heterocycles. The van der Waals surface area contributed by atoms with E-state index in [0.29, 0.717) is 6.61 Å². The second-order valence-electron chi connectivity index (χ2n) is 8.62. The number of nitro benzene ring substituents is 2. The van der Waals surface area contributed by atoms with Gasteiger partial charge in [-0.2, -0.15) is 0 Å². The number of carbonyl (C=O) groups excluding carboxylic acids is 1. The van der Waals surface area contributed by atoms with Crippen LogP contribution in [-0.4, -0.2) is 62.1 Å². The van der Waals surface area contributed by atoms with Crippen LogP contribution in [0.3, 0.4) is 0 Å². The summed E-state index contributed by atoms with van der Waals surface area (Å²) in [6, 6.07) is 19.7. The zero-order valence-electron chi connectivity index (χ0n) is 21.0. The average Bonchev–Trinajstić information content (AvgIpc) is 3.26. The third kappa shape index (κ3) is 7.06. The highest BCUT2D eigenvalue weighted by Crippen LogP contribution is 2.44. The van der Waals surface area contributed by atoms with Crippen molar-refractivity contribution in [3.8, 4) is 11.1 Å². The van der Waals surface area contributed by atoms with Crippen molar-refractivity contribution in [3.63, 3.8) is 0 Å². The van der Waals surface area contributed by atoms with Crippen molar-refractivity contribution in [3.05, 3.63) is 98.1 Å². The minimum atomic E-state index is -0.687. The summed E-state index contributed by atoms with van der Waals surface area (Å²) in [5.74, 6) is -0.00224. The molecule has 0 bridgehead atoms. The maximum Gasteiger partial charge on any atom is 0.407 e. The summed E-state index contributed by atoms with van der Waals surface area (Å²) in [5, 5.41) is 27.5. The number of hydrogen-bond donors (Lipinski definition) is 2. The smallest absolute Gasteiger partial charge is 0.407 e. The first-order chi connectivity index (χ1) is 19.0. The van der Waals surface area contributed by atoms with Crippen LogP contribution in [0.2, 0.25) is 0 Å². The first-order valence-corrected chi connectivity index (χ1v) is 12.4. The number of nitrogens with one attached hydrogen (secondary N) is 2. The predicted molar refractivity (Wildman–Crippen MR) is 143 cm³/mol. The van der Waals surface area contributed by atoms with E-state index in [1.165, 1.54) is 23.3 Å². The molecule has 1 aliphatic rings. The van der Waals surface area contributed by atoms with E-state index in [4.69, 9.17) is 14.2 Å². The molecular formula is C27H28N4O8. The van der Waals surface area contributed by atoms with Gasteiger partial charge in [0.1, 0.15) is 12.3 Å². The van der Waals surface area contributed by atoms with Crippen LogP contribution >= 0.6 is 0 Å². The molecule has 3 aromatic carbocycles. The van der Waals surface area contributed by atoms with Crippen LogP contribution in [0.5, 0.6) is 0 Å². The Labute approximate surface area is 224 Å². The molecule has 4 rings (SSSR count). The van der Waals surface area contributed by atoms with Crippen molar-refractivity contribution in [2.24, 2.45) is 0 Å². The van der Waals surface area contributed by atoms with E-state index in [0.717, 1.165) is 17.2 Å². The summed E-state index contributed by atoms with van der Waals surface area (Å²) >= 11 is 0. The summed E-state index contributed by atoms with van der Waals surface area (Å²) in [5.41, 5.74) is 4.07. The van der Waals surface area contributed by atoms with Gasteiger partial charge in [0.2, 0.25) is 0 Å². The minimum absolute atomic E-state index is 0.00224. The highest BCUT2D eigenvalue weighted by molar-refractivity contribution is 5.79. The number of ether oxygens (including phenoxy) is 3. The van der Waals surface area contributed by atoms with E-state index in [1.54, 1.807) is 0 Å². The normalized spacial score (nSPS) is 11.9. The molecular weight excluding hydrogens is 508 g/mol. The molecule has 12 nitrogen and oxygen atoms in total. The van der Waals surface area contributed by atoms with Gasteiger partial charge in [-0.3, -0.25) is 20.2 Å². The average molecular weight is 537 g/mol. The molecule has 0 saturated carbocycles. The maximum atomic E-state index is 12.2. The zero-order chi connectivity index (χ0) is 27.6. The second kappa shape index (κ2) is 13.3. The SMILES string of the molecule is O=C(NCCOCCOCCNc1ccc([N+](=O)[O-])cc1[N+](=O)[O-])OCC1c2ccccc2-c2ccccc21. The molecule has 0 fully saturated rings. The number of non-ortho nitro benzene ring substituents is 1. The van der Waals surface area contributed by atoms with Gasteiger partial charge in [0.05, 0.1) is 42.3 Å². The maximum absolute atomic E-state index is 12.2. The third-order valence-corrected chi connectivity index (χ3v) is 6.18. The van der Waals surface area contributed by atoms with E-state index in [2.05, 4.69) is 34.9 Å². The number of rotatable bonds is 14. The number of benzene rings is 3. The Kier molecular flexibility index (Phi) is 9.38. The van der Waals surface area contributed by atoms with Gasteiger partial charge in [0, 0.05) is 25.1 Å². The largest absolute Gasteiger partial charge is 0.449 e. The fraction of sp³-hybridized carbons (Fsp3) is 0.296. The first kappa shape index (κ1) is 27.5. The fourth-order valence-electron chi connectivity index (χ4n) is 4.39. The molecule has 12 heteroatoms. The molecule has 3 aromatic rings. The number of nitrogens with zero attached hydrogens (tertiary/aromatic N) is 2. The van der Waals surface area contributed by atoms with Crippen LogP contribution in [0.4, 0.5) is 21.9 Å². The quantitative estimate of drug-likeness (QED) is 0.172. The molecule has 1 amide bonds. The molecule has 0 saturated heterocycles. The summed E-state index contributed by atoms with van der Waals surface area (Å²) in [6.07, 6.45) is -0.511. The van der Waals surface area contributed by atoms with Crippen molar-refractivity contribution in [1.29, 1.82) is 0 Å². The Bertz CT molecular complexity index is 1290. The van der Waals surface area contributed by atoms with Crippen LogP contribution in [-0.2, 0) is 14.2 Å². The number of alkyl carbamates (subject to hydrolysis) is 1. The van der Waals surface area contributed by atoms with Crippen molar-refractivity contribution in [2.75, 3.05) is 51.4 Å². The molecule has 39 heavy (non-hydrogen) atoms. The molecule has 0 aromatic heterocycles. The van der Waals surface area contributed by atoms with Crippen molar-refractivity contribution in [1.82, 2.24) is 5.32 Å². The fourth-order valence-corrected chi connectivity index (χ4v) is 4.39. The Balaban J connectivity index is 1.07. The van der Waals surface area contributed by atoms with Gasteiger partial charge in [0.15, 0.2) is 0 Å². The molecule has 0 radical (unpaired) electrons. The number of nitro groups is 2. The van der Waals surface area contributed by atoms with Gasteiger partial charge >= 0.3 is 6.09 Å². The van der Waals surface area contributed by atoms with E-state index in [9.17, 15) is 25.0 Å². The van der Waals surface area contributed by atoms with Gasteiger partial charge in [-0.1, -0.05) is 48.5 Å². The molecule has 1 aliphatic carbocycles. The van der Waals surface area contributed by atoms with Gasteiger partial charge < -0.3 is 24.8 Å². The summed E-state index contributed by atoms with van der Waals surface area (Å²) in [4.78, 5) is 32.8. The van der Waals surface area contributed by atoms with Crippen molar-refractivity contribution >= 4 is 23.2 Å².